The van der Waals surface area contributed by atoms with Crippen molar-refractivity contribution in [2.45, 2.75) is 143 Å². The first-order chi connectivity index (χ1) is 14.1. The van der Waals surface area contributed by atoms with Crippen molar-refractivity contribution in [3.8, 4) is 0 Å². The van der Waals surface area contributed by atoms with Crippen molar-refractivity contribution in [1.82, 2.24) is 0 Å². The summed E-state index contributed by atoms with van der Waals surface area (Å²) in [5.74, 6) is 1.77. The van der Waals surface area contributed by atoms with Crippen LogP contribution in [0.4, 0.5) is 0 Å². The lowest BCUT2D eigenvalue weighted by Gasteiger charge is -2.06. The van der Waals surface area contributed by atoms with E-state index in [0.29, 0.717) is 0 Å². The number of rotatable bonds is 22. The third-order valence-corrected chi connectivity index (χ3v) is 5.64. The molecule has 0 amide bonds. The molecule has 0 heterocycles. The average Bonchev–Trinajstić information content (AvgIpc) is 2.70. The second kappa shape index (κ2) is 27.7. The summed E-state index contributed by atoms with van der Waals surface area (Å²) in [6.07, 6.45) is 25.3. The van der Waals surface area contributed by atoms with Gasteiger partial charge in [-0.25, -0.2) is 0 Å². The topological polar surface area (TPSA) is 9.23 Å². The standard InChI is InChI=1S/C26H54O.C2H4/c1-25(2)21-17-13-9-5-7-11-15-19-23-27-24-20-16-12-8-6-10-14-18-22-26(3)4;1-2/h25-26H,5-24H2,1-4H3;1-2H2. The molecule has 0 fully saturated rings. The Hall–Kier alpha value is -0.300. The van der Waals surface area contributed by atoms with Gasteiger partial charge < -0.3 is 4.74 Å². The van der Waals surface area contributed by atoms with Crippen LogP contribution in [0, 0.1) is 11.8 Å². The Morgan fingerprint density at radius 1 is 0.414 bits per heavy atom. The minimum Gasteiger partial charge on any atom is -0.381 e. The molecule has 0 aromatic carbocycles. The lowest BCUT2D eigenvalue weighted by molar-refractivity contribution is 0.125. The normalized spacial score (nSPS) is 11.1. The molecule has 0 aromatic heterocycles. The van der Waals surface area contributed by atoms with Gasteiger partial charge >= 0.3 is 0 Å². The van der Waals surface area contributed by atoms with Gasteiger partial charge in [-0.05, 0) is 24.7 Å². The smallest absolute Gasteiger partial charge is 0.0466 e. The monoisotopic (exact) mass is 410 g/mol. The first-order valence-corrected chi connectivity index (χ1v) is 13.2. The number of unbranched alkanes of at least 4 members (excludes halogenated alkanes) is 14. The predicted molar refractivity (Wildman–Crippen MR) is 135 cm³/mol. The van der Waals surface area contributed by atoms with E-state index in [2.05, 4.69) is 40.9 Å². The highest BCUT2D eigenvalue weighted by Gasteiger charge is 1.97. The summed E-state index contributed by atoms with van der Waals surface area (Å²) in [6.45, 7) is 17.3. The Balaban J connectivity index is 0. The molecule has 29 heavy (non-hydrogen) atoms. The van der Waals surface area contributed by atoms with Crippen molar-refractivity contribution in [3.05, 3.63) is 13.2 Å². The van der Waals surface area contributed by atoms with Crippen molar-refractivity contribution in [3.63, 3.8) is 0 Å². The fourth-order valence-electron chi connectivity index (χ4n) is 3.74. The Bertz CT molecular complexity index is 245. The zero-order valence-corrected chi connectivity index (χ0v) is 21.1. The Labute approximate surface area is 186 Å². The molecule has 0 radical (unpaired) electrons. The highest BCUT2D eigenvalue weighted by molar-refractivity contribution is 4.51. The maximum absolute atomic E-state index is 5.80. The molecule has 0 unspecified atom stereocenters. The van der Waals surface area contributed by atoms with Crippen LogP contribution in [0.15, 0.2) is 13.2 Å². The summed E-state index contributed by atoms with van der Waals surface area (Å²) in [5, 5.41) is 0. The molecular formula is C28H58O. The lowest BCUT2D eigenvalue weighted by Crippen LogP contribution is -1.97. The van der Waals surface area contributed by atoms with E-state index in [1.54, 1.807) is 0 Å². The first-order valence-electron chi connectivity index (χ1n) is 13.2. The Morgan fingerprint density at radius 3 is 0.931 bits per heavy atom. The highest BCUT2D eigenvalue weighted by Crippen LogP contribution is 2.14. The van der Waals surface area contributed by atoms with Crippen molar-refractivity contribution >= 4 is 0 Å². The fraction of sp³-hybridized carbons (Fsp3) is 0.929. The van der Waals surface area contributed by atoms with Crippen LogP contribution in [0.1, 0.15) is 143 Å². The van der Waals surface area contributed by atoms with Gasteiger partial charge in [0.05, 0.1) is 0 Å². The van der Waals surface area contributed by atoms with E-state index in [1.807, 2.05) is 0 Å². The number of hydrogen-bond acceptors (Lipinski definition) is 1. The van der Waals surface area contributed by atoms with Crippen LogP contribution in [0.2, 0.25) is 0 Å². The largest absolute Gasteiger partial charge is 0.381 e. The summed E-state index contributed by atoms with van der Waals surface area (Å²) in [7, 11) is 0. The van der Waals surface area contributed by atoms with E-state index in [4.69, 9.17) is 4.74 Å². The molecule has 0 saturated heterocycles. The second-order valence-corrected chi connectivity index (χ2v) is 9.63. The van der Waals surface area contributed by atoms with E-state index in [0.717, 1.165) is 25.0 Å². The maximum atomic E-state index is 5.80. The van der Waals surface area contributed by atoms with E-state index in [1.165, 1.54) is 116 Å². The first kappa shape index (κ1) is 30.9. The van der Waals surface area contributed by atoms with Gasteiger partial charge in [0.1, 0.15) is 0 Å². The zero-order valence-electron chi connectivity index (χ0n) is 21.1. The molecule has 1 heteroatoms. The summed E-state index contributed by atoms with van der Waals surface area (Å²) in [5.41, 5.74) is 0. The van der Waals surface area contributed by atoms with Gasteiger partial charge in [-0.3, -0.25) is 0 Å². The molecule has 0 aliphatic heterocycles. The SMILES string of the molecule is C=C.CC(C)CCCCCCCCCCOCCCCCCCCCCC(C)C. The Morgan fingerprint density at radius 2 is 0.655 bits per heavy atom. The third-order valence-electron chi connectivity index (χ3n) is 5.64. The molecule has 0 aliphatic carbocycles. The molecule has 0 bridgehead atoms. The molecule has 0 rings (SSSR count). The van der Waals surface area contributed by atoms with Crippen LogP contribution in [0.5, 0.6) is 0 Å². The van der Waals surface area contributed by atoms with Crippen molar-refractivity contribution < 1.29 is 4.74 Å². The molecular weight excluding hydrogens is 352 g/mol. The molecule has 1 nitrogen and oxygen atoms in total. The predicted octanol–water partition coefficient (Wildman–Crippen LogP) is 10.1. The van der Waals surface area contributed by atoms with E-state index >= 15 is 0 Å². The third kappa shape index (κ3) is 32.6. The van der Waals surface area contributed by atoms with Gasteiger partial charge in [-0.1, -0.05) is 130 Å². The lowest BCUT2D eigenvalue weighted by atomic mass is 10.0. The summed E-state index contributed by atoms with van der Waals surface area (Å²) >= 11 is 0. The van der Waals surface area contributed by atoms with Gasteiger partial charge in [0.15, 0.2) is 0 Å². The molecule has 0 spiro atoms. The van der Waals surface area contributed by atoms with Crippen LogP contribution in [0.25, 0.3) is 0 Å². The summed E-state index contributed by atoms with van der Waals surface area (Å²) < 4.78 is 5.80. The molecule has 0 aromatic rings. The van der Waals surface area contributed by atoms with Crippen LogP contribution in [-0.4, -0.2) is 13.2 Å². The molecule has 0 atom stereocenters. The second-order valence-electron chi connectivity index (χ2n) is 9.63. The Kier molecular flexibility index (Phi) is 29.5. The van der Waals surface area contributed by atoms with Gasteiger partial charge in [0.2, 0.25) is 0 Å². The number of hydrogen-bond donors (Lipinski definition) is 0. The minimum atomic E-state index is 0.884. The van der Waals surface area contributed by atoms with Crippen molar-refractivity contribution in [2.24, 2.45) is 11.8 Å². The summed E-state index contributed by atoms with van der Waals surface area (Å²) in [6, 6.07) is 0. The van der Waals surface area contributed by atoms with Crippen LogP contribution in [0.3, 0.4) is 0 Å². The van der Waals surface area contributed by atoms with Crippen molar-refractivity contribution in [1.29, 1.82) is 0 Å². The maximum Gasteiger partial charge on any atom is 0.0466 e. The van der Waals surface area contributed by atoms with Crippen LogP contribution in [-0.2, 0) is 4.74 Å². The summed E-state index contributed by atoms with van der Waals surface area (Å²) in [4.78, 5) is 0. The van der Waals surface area contributed by atoms with Crippen LogP contribution >= 0.6 is 0 Å². The molecule has 0 aliphatic rings. The van der Waals surface area contributed by atoms with Crippen LogP contribution < -0.4 is 0 Å². The number of ether oxygens (including phenoxy) is 1. The quantitative estimate of drug-likeness (QED) is 0.127. The molecule has 176 valence electrons. The van der Waals surface area contributed by atoms with Gasteiger partial charge in [0, 0.05) is 13.2 Å². The van der Waals surface area contributed by atoms with Gasteiger partial charge in [0.25, 0.3) is 0 Å². The zero-order chi connectivity index (χ0) is 22.0. The molecule has 0 saturated carbocycles. The van der Waals surface area contributed by atoms with Crippen molar-refractivity contribution in [2.75, 3.05) is 13.2 Å². The molecule has 0 N–H and O–H groups in total. The highest BCUT2D eigenvalue weighted by atomic mass is 16.5. The van der Waals surface area contributed by atoms with E-state index in [9.17, 15) is 0 Å². The van der Waals surface area contributed by atoms with E-state index < -0.39 is 0 Å². The van der Waals surface area contributed by atoms with E-state index in [-0.39, 0.29) is 0 Å². The minimum absolute atomic E-state index is 0.884. The van der Waals surface area contributed by atoms with Gasteiger partial charge in [-0.2, -0.15) is 0 Å². The fourth-order valence-corrected chi connectivity index (χ4v) is 3.74. The average molecular weight is 411 g/mol. The van der Waals surface area contributed by atoms with Gasteiger partial charge in [-0.15, -0.1) is 13.2 Å².